The molecule has 0 heterocycles. The standard InChI is InChI=1S/C10H18N2O5.C4H10.C2H6O/c1-2-9(15)12(5-6-13)4-3-8(14)11-7-10(16)17;1-4(2)3;1-2-3/h13H,2-7H2,1H3,(H,11,14)(H,16,17);4H,1-3H3;3H,2H2,1H3. The van der Waals surface area contributed by atoms with E-state index in [1.165, 1.54) is 4.90 Å². The van der Waals surface area contributed by atoms with E-state index in [1.807, 2.05) is 0 Å². The zero-order chi connectivity index (χ0) is 19.5. The van der Waals surface area contributed by atoms with Crippen LogP contribution < -0.4 is 5.32 Å². The first-order valence-electron chi connectivity index (χ1n) is 8.13. The Bertz CT molecular complexity index is 332. The molecule has 8 heteroatoms. The summed E-state index contributed by atoms with van der Waals surface area (Å²) < 4.78 is 0. The molecule has 0 aromatic heterocycles. The van der Waals surface area contributed by atoms with Gasteiger partial charge in [0, 0.05) is 32.5 Å². The summed E-state index contributed by atoms with van der Waals surface area (Å²) in [6.07, 6.45) is 0.329. The van der Waals surface area contributed by atoms with Gasteiger partial charge in [-0.05, 0) is 12.8 Å². The van der Waals surface area contributed by atoms with Gasteiger partial charge in [-0.25, -0.2) is 0 Å². The Kier molecular flexibility index (Phi) is 22.0. The molecule has 0 saturated carbocycles. The lowest BCUT2D eigenvalue weighted by atomic mass is 10.3. The number of nitrogens with one attached hydrogen (secondary N) is 1. The molecule has 0 atom stereocenters. The Morgan fingerprint density at radius 2 is 1.50 bits per heavy atom. The SMILES string of the molecule is CC(C)C.CCC(=O)N(CCO)CCC(=O)NCC(=O)O.CCO. The highest BCUT2D eigenvalue weighted by Gasteiger charge is 2.12. The van der Waals surface area contributed by atoms with Crippen LogP contribution in [0.15, 0.2) is 0 Å². The van der Waals surface area contributed by atoms with E-state index in [2.05, 4.69) is 26.1 Å². The van der Waals surface area contributed by atoms with Crippen molar-refractivity contribution in [3.8, 4) is 0 Å². The van der Waals surface area contributed by atoms with Gasteiger partial charge in [-0.1, -0.05) is 27.7 Å². The zero-order valence-electron chi connectivity index (χ0n) is 15.5. The molecule has 0 unspecified atom stereocenters. The Morgan fingerprint density at radius 1 is 1.04 bits per heavy atom. The topological polar surface area (TPSA) is 127 Å². The molecule has 0 spiro atoms. The zero-order valence-corrected chi connectivity index (χ0v) is 15.5. The minimum Gasteiger partial charge on any atom is -0.480 e. The molecule has 24 heavy (non-hydrogen) atoms. The van der Waals surface area contributed by atoms with E-state index in [0.29, 0.717) is 6.42 Å². The maximum atomic E-state index is 11.4. The molecular weight excluding hydrogens is 316 g/mol. The van der Waals surface area contributed by atoms with E-state index in [-0.39, 0.29) is 38.6 Å². The number of aliphatic hydroxyl groups is 2. The van der Waals surface area contributed by atoms with Gasteiger partial charge in [0.1, 0.15) is 6.54 Å². The Hall–Kier alpha value is -1.67. The highest BCUT2D eigenvalue weighted by Crippen LogP contribution is 1.96. The van der Waals surface area contributed by atoms with Crippen LogP contribution in [-0.4, -0.2) is 70.9 Å². The second-order valence-corrected chi connectivity index (χ2v) is 5.43. The number of carbonyl (C=O) groups excluding carboxylic acids is 2. The second kappa shape index (κ2) is 19.4. The van der Waals surface area contributed by atoms with Crippen molar-refractivity contribution in [2.45, 2.75) is 47.5 Å². The van der Waals surface area contributed by atoms with Gasteiger partial charge < -0.3 is 25.5 Å². The fourth-order valence-electron chi connectivity index (χ4n) is 1.20. The molecule has 0 fully saturated rings. The van der Waals surface area contributed by atoms with E-state index in [9.17, 15) is 14.4 Å². The van der Waals surface area contributed by atoms with Crippen molar-refractivity contribution in [3.05, 3.63) is 0 Å². The number of nitrogens with zero attached hydrogens (tertiary/aromatic N) is 1. The van der Waals surface area contributed by atoms with Crippen LogP contribution in [0.4, 0.5) is 0 Å². The van der Waals surface area contributed by atoms with Crippen molar-refractivity contribution >= 4 is 17.8 Å². The van der Waals surface area contributed by atoms with Crippen LogP contribution in [0.2, 0.25) is 0 Å². The summed E-state index contributed by atoms with van der Waals surface area (Å²) in [4.78, 5) is 34.1. The van der Waals surface area contributed by atoms with Gasteiger partial charge in [-0.3, -0.25) is 14.4 Å². The lowest BCUT2D eigenvalue weighted by Crippen LogP contribution is -2.37. The van der Waals surface area contributed by atoms with Crippen molar-refractivity contribution in [1.82, 2.24) is 10.2 Å². The third-order valence-corrected chi connectivity index (χ3v) is 2.07. The van der Waals surface area contributed by atoms with Crippen LogP contribution >= 0.6 is 0 Å². The summed E-state index contributed by atoms with van der Waals surface area (Å²) in [6, 6.07) is 0. The summed E-state index contributed by atoms with van der Waals surface area (Å²) in [5.74, 6) is -0.862. The molecule has 0 radical (unpaired) electrons. The summed E-state index contributed by atoms with van der Waals surface area (Å²) >= 11 is 0. The third-order valence-electron chi connectivity index (χ3n) is 2.07. The van der Waals surface area contributed by atoms with Gasteiger partial charge >= 0.3 is 5.97 Å². The number of carboxylic acid groups (broad SMARTS) is 1. The van der Waals surface area contributed by atoms with E-state index >= 15 is 0 Å². The first-order chi connectivity index (χ1) is 11.2. The number of hydrogen-bond acceptors (Lipinski definition) is 5. The molecular formula is C16H34N2O6. The van der Waals surface area contributed by atoms with Crippen LogP contribution in [0.25, 0.3) is 0 Å². The Morgan fingerprint density at radius 3 is 1.83 bits per heavy atom. The number of aliphatic hydroxyl groups excluding tert-OH is 2. The molecule has 0 rings (SSSR count). The minimum absolute atomic E-state index is 0.0268. The molecule has 144 valence electrons. The van der Waals surface area contributed by atoms with Gasteiger partial charge in [0.25, 0.3) is 0 Å². The number of aliphatic carboxylic acids is 1. The van der Waals surface area contributed by atoms with Crippen molar-refractivity contribution < 1.29 is 29.7 Å². The summed E-state index contributed by atoms with van der Waals surface area (Å²) in [7, 11) is 0. The monoisotopic (exact) mass is 350 g/mol. The fraction of sp³-hybridized carbons (Fsp3) is 0.812. The molecule has 0 aliphatic carbocycles. The van der Waals surface area contributed by atoms with Crippen molar-refractivity contribution in [2.24, 2.45) is 5.92 Å². The van der Waals surface area contributed by atoms with Gasteiger partial charge in [-0.2, -0.15) is 0 Å². The van der Waals surface area contributed by atoms with Gasteiger partial charge in [0.15, 0.2) is 0 Å². The Balaban J connectivity index is -0.000000531. The highest BCUT2D eigenvalue weighted by molar-refractivity contribution is 5.82. The highest BCUT2D eigenvalue weighted by atomic mass is 16.4. The molecule has 0 saturated heterocycles. The molecule has 0 aromatic rings. The summed E-state index contributed by atoms with van der Waals surface area (Å²) in [5, 5.41) is 26.9. The van der Waals surface area contributed by atoms with E-state index < -0.39 is 18.4 Å². The smallest absolute Gasteiger partial charge is 0.322 e. The minimum atomic E-state index is -1.12. The lowest BCUT2D eigenvalue weighted by molar-refractivity contribution is -0.138. The summed E-state index contributed by atoms with van der Waals surface area (Å²) in [6.45, 7) is 9.89. The average Bonchev–Trinajstić information content (AvgIpc) is 2.48. The lowest BCUT2D eigenvalue weighted by Gasteiger charge is -2.20. The number of carbonyl (C=O) groups is 3. The normalized spacial score (nSPS) is 9.17. The van der Waals surface area contributed by atoms with Crippen LogP contribution in [0, 0.1) is 5.92 Å². The summed E-state index contributed by atoms with van der Waals surface area (Å²) in [5.41, 5.74) is 0. The molecule has 0 aromatic carbocycles. The van der Waals surface area contributed by atoms with Crippen molar-refractivity contribution in [2.75, 3.05) is 32.8 Å². The first-order valence-corrected chi connectivity index (χ1v) is 8.13. The van der Waals surface area contributed by atoms with Crippen molar-refractivity contribution in [1.29, 1.82) is 0 Å². The van der Waals surface area contributed by atoms with E-state index in [0.717, 1.165) is 5.92 Å². The van der Waals surface area contributed by atoms with Crippen LogP contribution in [0.1, 0.15) is 47.5 Å². The third kappa shape index (κ3) is 25.3. The fourth-order valence-corrected chi connectivity index (χ4v) is 1.20. The molecule has 0 bridgehead atoms. The predicted molar refractivity (Wildman–Crippen MR) is 92.5 cm³/mol. The molecule has 0 aliphatic heterocycles. The predicted octanol–water partition coefficient (Wildman–Crippen LogP) is 0.469. The van der Waals surface area contributed by atoms with Gasteiger partial charge in [-0.15, -0.1) is 0 Å². The van der Waals surface area contributed by atoms with Crippen LogP contribution in [0.5, 0.6) is 0 Å². The molecule has 0 aliphatic rings. The van der Waals surface area contributed by atoms with Gasteiger partial charge in [0.05, 0.1) is 6.61 Å². The van der Waals surface area contributed by atoms with Gasteiger partial charge in [0.2, 0.25) is 11.8 Å². The largest absolute Gasteiger partial charge is 0.480 e. The average molecular weight is 350 g/mol. The molecule has 4 N–H and O–H groups in total. The quantitative estimate of drug-likeness (QED) is 0.504. The molecule has 2 amide bonds. The number of hydrogen-bond donors (Lipinski definition) is 4. The van der Waals surface area contributed by atoms with Crippen molar-refractivity contribution in [3.63, 3.8) is 0 Å². The molecule has 8 nitrogen and oxygen atoms in total. The maximum Gasteiger partial charge on any atom is 0.322 e. The maximum absolute atomic E-state index is 11.4. The van der Waals surface area contributed by atoms with Crippen LogP contribution in [-0.2, 0) is 14.4 Å². The number of carboxylic acids is 1. The van der Waals surface area contributed by atoms with E-state index in [1.54, 1.807) is 13.8 Å². The Labute approximate surface area is 144 Å². The number of amides is 2. The van der Waals surface area contributed by atoms with E-state index in [4.69, 9.17) is 15.3 Å². The second-order valence-electron chi connectivity index (χ2n) is 5.43. The first kappa shape index (κ1) is 27.2. The number of rotatable bonds is 8. The van der Waals surface area contributed by atoms with Crippen LogP contribution in [0.3, 0.4) is 0 Å².